The fourth-order valence-electron chi connectivity index (χ4n) is 3.09. The summed E-state index contributed by atoms with van der Waals surface area (Å²) in [6.07, 6.45) is 9.21. The van der Waals surface area contributed by atoms with E-state index in [0.717, 1.165) is 51.3 Å². The number of allylic oxidation sites excluding steroid dienone is 2. The van der Waals surface area contributed by atoms with Crippen molar-refractivity contribution in [3.63, 3.8) is 0 Å². The van der Waals surface area contributed by atoms with Crippen LogP contribution in [0.5, 0.6) is 0 Å². The molecule has 0 bridgehead atoms. The SMILES string of the molecule is O=C(CC1C=CCC1)N1CCN(Cc2ccccn2)CC1. The van der Waals surface area contributed by atoms with Crippen LogP contribution in [0.15, 0.2) is 36.5 Å². The summed E-state index contributed by atoms with van der Waals surface area (Å²) in [7, 11) is 0. The Labute approximate surface area is 126 Å². The van der Waals surface area contributed by atoms with E-state index in [9.17, 15) is 4.79 Å². The van der Waals surface area contributed by atoms with Crippen molar-refractivity contribution in [2.45, 2.75) is 25.8 Å². The number of nitrogens with zero attached hydrogens (tertiary/aromatic N) is 3. The molecule has 0 spiro atoms. The first-order chi connectivity index (χ1) is 10.3. The minimum atomic E-state index is 0.323. The van der Waals surface area contributed by atoms with Gasteiger partial charge in [-0.3, -0.25) is 14.7 Å². The van der Waals surface area contributed by atoms with Crippen molar-refractivity contribution in [2.75, 3.05) is 26.2 Å². The fourth-order valence-corrected chi connectivity index (χ4v) is 3.09. The Kier molecular flexibility index (Phi) is 4.65. The lowest BCUT2D eigenvalue weighted by Gasteiger charge is -2.35. The number of aromatic nitrogens is 1. The van der Waals surface area contributed by atoms with Crippen LogP contribution in [-0.4, -0.2) is 46.9 Å². The summed E-state index contributed by atoms with van der Waals surface area (Å²) in [5.41, 5.74) is 1.10. The zero-order chi connectivity index (χ0) is 14.5. The molecule has 1 aromatic rings. The van der Waals surface area contributed by atoms with Crippen LogP contribution in [0.3, 0.4) is 0 Å². The summed E-state index contributed by atoms with van der Waals surface area (Å²) < 4.78 is 0. The van der Waals surface area contributed by atoms with E-state index in [1.807, 2.05) is 23.2 Å². The zero-order valence-corrected chi connectivity index (χ0v) is 12.4. The minimum Gasteiger partial charge on any atom is -0.340 e. The quantitative estimate of drug-likeness (QED) is 0.795. The van der Waals surface area contributed by atoms with Crippen molar-refractivity contribution >= 4 is 5.91 Å². The molecule has 2 heterocycles. The highest BCUT2D eigenvalue weighted by Crippen LogP contribution is 2.21. The van der Waals surface area contributed by atoms with Gasteiger partial charge in [0.25, 0.3) is 0 Å². The molecule has 1 saturated heterocycles. The third-order valence-corrected chi connectivity index (χ3v) is 4.39. The van der Waals surface area contributed by atoms with Gasteiger partial charge >= 0.3 is 0 Å². The standard InChI is InChI=1S/C17H23N3O/c21-17(13-15-5-1-2-6-15)20-11-9-19(10-12-20)14-16-7-3-4-8-18-16/h1,3-5,7-8,15H,2,6,9-14H2. The van der Waals surface area contributed by atoms with Crippen LogP contribution in [0.25, 0.3) is 0 Å². The molecule has 1 amide bonds. The number of carbonyl (C=O) groups is 1. The molecule has 2 aliphatic rings. The Bertz CT molecular complexity index is 492. The second-order valence-corrected chi connectivity index (χ2v) is 5.95. The molecule has 0 N–H and O–H groups in total. The topological polar surface area (TPSA) is 36.4 Å². The van der Waals surface area contributed by atoms with E-state index in [1.54, 1.807) is 0 Å². The second-order valence-electron chi connectivity index (χ2n) is 5.95. The van der Waals surface area contributed by atoms with Crippen molar-refractivity contribution in [2.24, 2.45) is 5.92 Å². The van der Waals surface area contributed by atoms with Crippen molar-refractivity contribution in [3.05, 3.63) is 42.2 Å². The first-order valence-corrected chi connectivity index (χ1v) is 7.88. The van der Waals surface area contributed by atoms with E-state index in [4.69, 9.17) is 0 Å². The van der Waals surface area contributed by atoms with Crippen LogP contribution in [0, 0.1) is 5.92 Å². The molecule has 4 heteroatoms. The van der Waals surface area contributed by atoms with Crippen molar-refractivity contribution < 1.29 is 4.79 Å². The van der Waals surface area contributed by atoms with E-state index in [0.29, 0.717) is 18.2 Å². The third kappa shape index (κ3) is 3.91. The maximum absolute atomic E-state index is 12.3. The predicted molar refractivity (Wildman–Crippen MR) is 82.6 cm³/mol. The van der Waals surface area contributed by atoms with Gasteiger partial charge in [0.1, 0.15) is 0 Å². The van der Waals surface area contributed by atoms with Crippen LogP contribution in [0.1, 0.15) is 25.0 Å². The zero-order valence-electron chi connectivity index (χ0n) is 12.4. The number of carbonyl (C=O) groups excluding carboxylic acids is 1. The molecule has 112 valence electrons. The molecule has 3 rings (SSSR count). The molecule has 1 aliphatic heterocycles. The van der Waals surface area contributed by atoms with Crippen LogP contribution < -0.4 is 0 Å². The van der Waals surface area contributed by atoms with E-state index < -0.39 is 0 Å². The summed E-state index contributed by atoms with van der Waals surface area (Å²) in [6.45, 7) is 4.48. The van der Waals surface area contributed by atoms with Gasteiger partial charge in [-0.1, -0.05) is 18.2 Å². The molecule has 0 saturated carbocycles. The van der Waals surface area contributed by atoms with E-state index in [-0.39, 0.29) is 0 Å². The van der Waals surface area contributed by atoms with E-state index in [2.05, 4.69) is 28.1 Å². The Hall–Kier alpha value is -1.68. The van der Waals surface area contributed by atoms with Gasteiger partial charge in [-0.15, -0.1) is 0 Å². The summed E-state index contributed by atoms with van der Waals surface area (Å²) in [6, 6.07) is 6.03. The maximum atomic E-state index is 12.3. The number of amides is 1. The second kappa shape index (κ2) is 6.85. The van der Waals surface area contributed by atoms with Crippen molar-refractivity contribution in [1.29, 1.82) is 0 Å². The van der Waals surface area contributed by atoms with Gasteiger partial charge < -0.3 is 4.90 Å². The Morgan fingerprint density at radius 2 is 2.10 bits per heavy atom. The van der Waals surface area contributed by atoms with Crippen LogP contribution in [-0.2, 0) is 11.3 Å². The fraction of sp³-hybridized carbons (Fsp3) is 0.529. The number of hydrogen-bond acceptors (Lipinski definition) is 3. The van der Waals surface area contributed by atoms with E-state index >= 15 is 0 Å². The molecular formula is C17H23N3O. The van der Waals surface area contributed by atoms with Crippen LogP contribution in [0.2, 0.25) is 0 Å². The molecule has 0 aromatic carbocycles. The molecule has 1 aromatic heterocycles. The number of rotatable bonds is 4. The van der Waals surface area contributed by atoms with Crippen molar-refractivity contribution in [3.8, 4) is 0 Å². The van der Waals surface area contributed by atoms with Gasteiger partial charge in [-0.2, -0.15) is 0 Å². The summed E-state index contributed by atoms with van der Waals surface area (Å²) in [4.78, 5) is 21.1. The summed E-state index contributed by atoms with van der Waals surface area (Å²) in [5.74, 6) is 0.799. The number of pyridine rings is 1. The van der Waals surface area contributed by atoms with Crippen molar-refractivity contribution in [1.82, 2.24) is 14.8 Å². The highest BCUT2D eigenvalue weighted by molar-refractivity contribution is 5.76. The monoisotopic (exact) mass is 285 g/mol. The van der Waals surface area contributed by atoms with Gasteiger partial charge in [0.15, 0.2) is 0 Å². The minimum absolute atomic E-state index is 0.323. The number of piperazine rings is 1. The highest BCUT2D eigenvalue weighted by atomic mass is 16.2. The number of hydrogen-bond donors (Lipinski definition) is 0. The molecule has 1 atom stereocenters. The largest absolute Gasteiger partial charge is 0.340 e. The van der Waals surface area contributed by atoms with Gasteiger partial charge in [0.05, 0.1) is 5.69 Å². The lowest BCUT2D eigenvalue weighted by molar-refractivity contribution is -0.133. The van der Waals surface area contributed by atoms with Gasteiger partial charge in [-0.05, 0) is 30.9 Å². The molecule has 1 aliphatic carbocycles. The van der Waals surface area contributed by atoms with Gasteiger partial charge in [-0.25, -0.2) is 0 Å². The van der Waals surface area contributed by atoms with Crippen LogP contribution >= 0.6 is 0 Å². The Morgan fingerprint density at radius 3 is 2.76 bits per heavy atom. The predicted octanol–water partition coefficient (Wildman–Crippen LogP) is 2.08. The molecule has 1 unspecified atom stereocenters. The van der Waals surface area contributed by atoms with Crippen LogP contribution in [0.4, 0.5) is 0 Å². The average molecular weight is 285 g/mol. The molecule has 21 heavy (non-hydrogen) atoms. The smallest absolute Gasteiger partial charge is 0.223 e. The average Bonchev–Trinajstić information content (AvgIpc) is 3.02. The molecular weight excluding hydrogens is 262 g/mol. The van der Waals surface area contributed by atoms with E-state index in [1.165, 1.54) is 0 Å². The first-order valence-electron chi connectivity index (χ1n) is 7.88. The van der Waals surface area contributed by atoms with Gasteiger partial charge in [0.2, 0.25) is 5.91 Å². The van der Waals surface area contributed by atoms with Gasteiger partial charge in [0, 0.05) is 45.3 Å². The third-order valence-electron chi connectivity index (χ3n) is 4.39. The Balaban J connectivity index is 1.44. The molecule has 1 fully saturated rings. The highest BCUT2D eigenvalue weighted by Gasteiger charge is 2.23. The normalized spacial score (nSPS) is 22.7. The summed E-state index contributed by atoms with van der Waals surface area (Å²) >= 11 is 0. The Morgan fingerprint density at radius 1 is 1.24 bits per heavy atom. The molecule has 4 nitrogen and oxygen atoms in total. The lowest BCUT2D eigenvalue weighted by atomic mass is 10.0. The first kappa shape index (κ1) is 14.3. The summed E-state index contributed by atoms with van der Waals surface area (Å²) in [5, 5.41) is 0. The lowest BCUT2D eigenvalue weighted by Crippen LogP contribution is -2.48. The maximum Gasteiger partial charge on any atom is 0.223 e. The molecule has 0 radical (unpaired) electrons.